The molecule has 2 heteroatoms. The van der Waals surface area contributed by atoms with Crippen LogP contribution in [0.15, 0.2) is 192 Å². The molecule has 2 nitrogen and oxygen atoms in total. The first-order chi connectivity index (χ1) is 26.1. The molecule has 252 valence electrons. The predicted octanol–water partition coefficient (Wildman–Crippen LogP) is 14.4. The van der Waals surface area contributed by atoms with Crippen molar-refractivity contribution < 1.29 is 4.42 Å². The maximum atomic E-state index is 6.79. The average molecular weight is 680 g/mol. The molecule has 0 bridgehead atoms. The molecular weight excluding hydrogens is 643 g/mol. The Kier molecular flexibility index (Phi) is 7.19. The van der Waals surface area contributed by atoms with Gasteiger partial charge in [-0.15, -0.1) is 0 Å². The summed E-state index contributed by atoms with van der Waals surface area (Å²) >= 11 is 0. The third kappa shape index (κ3) is 5.02. The standard InChI is InChI=1S/C51H37NO/c1-51(2)44-22-12-9-20-41(44)42-30-29-38(33-45(42)51)52(46-23-13-10-19-39(46)37-27-25-35(26-28-37)34-15-5-3-6-16-34)47-32-31-40(36-17-7-4-8-18-36)50-49(47)43-21-11-14-24-48(43)53-50/h3-33H,1-2H3. The zero-order valence-corrected chi connectivity index (χ0v) is 29.8. The number of furan rings is 1. The van der Waals surface area contributed by atoms with E-state index in [1.54, 1.807) is 0 Å². The summed E-state index contributed by atoms with van der Waals surface area (Å²) in [5.41, 5.74) is 17.2. The van der Waals surface area contributed by atoms with E-state index in [0.29, 0.717) is 0 Å². The van der Waals surface area contributed by atoms with Crippen molar-refractivity contribution in [3.8, 4) is 44.5 Å². The zero-order chi connectivity index (χ0) is 35.5. The highest BCUT2D eigenvalue weighted by Crippen LogP contribution is 2.53. The van der Waals surface area contributed by atoms with Crippen molar-refractivity contribution in [1.29, 1.82) is 0 Å². The van der Waals surface area contributed by atoms with Gasteiger partial charge in [0.1, 0.15) is 11.2 Å². The van der Waals surface area contributed by atoms with Crippen LogP contribution in [0.2, 0.25) is 0 Å². The summed E-state index contributed by atoms with van der Waals surface area (Å²) < 4.78 is 6.79. The Morgan fingerprint density at radius 3 is 1.77 bits per heavy atom. The van der Waals surface area contributed by atoms with Gasteiger partial charge in [0.15, 0.2) is 0 Å². The van der Waals surface area contributed by atoms with Gasteiger partial charge < -0.3 is 9.32 Å². The van der Waals surface area contributed by atoms with Gasteiger partial charge >= 0.3 is 0 Å². The summed E-state index contributed by atoms with van der Waals surface area (Å²) in [5.74, 6) is 0. The molecule has 0 aliphatic heterocycles. The Bertz CT molecular complexity index is 2790. The molecule has 0 unspecified atom stereocenters. The van der Waals surface area contributed by atoms with Crippen LogP contribution in [-0.2, 0) is 5.41 Å². The van der Waals surface area contributed by atoms with Crippen molar-refractivity contribution in [2.75, 3.05) is 4.90 Å². The van der Waals surface area contributed by atoms with Gasteiger partial charge in [-0.3, -0.25) is 0 Å². The third-order valence-corrected chi connectivity index (χ3v) is 11.1. The number of para-hydroxylation sites is 2. The zero-order valence-electron chi connectivity index (χ0n) is 29.8. The summed E-state index contributed by atoms with van der Waals surface area (Å²) in [7, 11) is 0. The smallest absolute Gasteiger partial charge is 0.145 e. The van der Waals surface area contributed by atoms with Crippen LogP contribution in [0, 0.1) is 0 Å². The Balaban J connectivity index is 1.23. The lowest BCUT2D eigenvalue weighted by atomic mass is 9.82. The first-order valence-corrected chi connectivity index (χ1v) is 18.4. The van der Waals surface area contributed by atoms with Gasteiger partial charge in [0, 0.05) is 27.6 Å². The molecule has 0 amide bonds. The largest absolute Gasteiger partial charge is 0.455 e. The molecule has 10 rings (SSSR count). The van der Waals surface area contributed by atoms with E-state index in [0.717, 1.165) is 61.3 Å². The lowest BCUT2D eigenvalue weighted by Gasteiger charge is -2.30. The van der Waals surface area contributed by atoms with Crippen molar-refractivity contribution in [2.45, 2.75) is 19.3 Å². The van der Waals surface area contributed by atoms with E-state index in [1.165, 1.54) is 33.4 Å². The second-order valence-corrected chi connectivity index (χ2v) is 14.5. The van der Waals surface area contributed by atoms with E-state index in [1.807, 2.05) is 0 Å². The Morgan fingerprint density at radius 1 is 0.415 bits per heavy atom. The first kappa shape index (κ1) is 31.1. The molecule has 0 fully saturated rings. The number of hydrogen-bond donors (Lipinski definition) is 0. The van der Waals surface area contributed by atoms with Crippen LogP contribution < -0.4 is 4.90 Å². The number of hydrogen-bond acceptors (Lipinski definition) is 2. The van der Waals surface area contributed by atoms with E-state index < -0.39 is 0 Å². The highest BCUT2D eigenvalue weighted by Gasteiger charge is 2.36. The van der Waals surface area contributed by atoms with Crippen molar-refractivity contribution in [1.82, 2.24) is 0 Å². The minimum Gasteiger partial charge on any atom is -0.455 e. The maximum absolute atomic E-state index is 6.79. The van der Waals surface area contributed by atoms with Crippen molar-refractivity contribution >= 4 is 39.0 Å². The monoisotopic (exact) mass is 679 g/mol. The first-order valence-electron chi connectivity index (χ1n) is 18.4. The number of benzene rings is 8. The Labute approximate surface area is 310 Å². The van der Waals surface area contributed by atoms with E-state index in [4.69, 9.17) is 4.42 Å². The van der Waals surface area contributed by atoms with E-state index in [2.05, 4.69) is 207 Å². The molecule has 0 saturated carbocycles. The average Bonchev–Trinajstić information content (AvgIpc) is 3.72. The summed E-state index contributed by atoms with van der Waals surface area (Å²) in [6.45, 7) is 4.70. The number of fused-ring (bicyclic) bond motifs is 6. The van der Waals surface area contributed by atoms with Crippen LogP contribution in [0.5, 0.6) is 0 Å². The van der Waals surface area contributed by atoms with Gasteiger partial charge in [-0.1, -0.05) is 166 Å². The van der Waals surface area contributed by atoms with Crippen LogP contribution in [-0.4, -0.2) is 0 Å². The fourth-order valence-electron chi connectivity index (χ4n) is 8.47. The molecule has 1 aromatic heterocycles. The van der Waals surface area contributed by atoms with Crippen molar-refractivity contribution in [2.24, 2.45) is 0 Å². The minimum absolute atomic E-state index is 0.144. The number of rotatable bonds is 6. The van der Waals surface area contributed by atoms with Gasteiger partial charge in [0.25, 0.3) is 0 Å². The quantitative estimate of drug-likeness (QED) is 0.174. The molecule has 0 atom stereocenters. The van der Waals surface area contributed by atoms with Crippen LogP contribution in [0.25, 0.3) is 66.4 Å². The summed E-state index contributed by atoms with van der Waals surface area (Å²) in [5, 5.41) is 2.19. The predicted molar refractivity (Wildman–Crippen MR) is 222 cm³/mol. The van der Waals surface area contributed by atoms with E-state index in [9.17, 15) is 0 Å². The topological polar surface area (TPSA) is 16.4 Å². The van der Waals surface area contributed by atoms with Crippen molar-refractivity contribution in [3.05, 3.63) is 199 Å². The molecule has 0 N–H and O–H groups in total. The highest BCUT2D eigenvalue weighted by atomic mass is 16.3. The third-order valence-electron chi connectivity index (χ3n) is 11.1. The number of nitrogens with zero attached hydrogens (tertiary/aromatic N) is 1. The molecule has 0 spiro atoms. The van der Waals surface area contributed by atoms with Crippen LogP contribution >= 0.6 is 0 Å². The Hall–Kier alpha value is -6.64. The SMILES string of the molecule is CC1(C)c2ccccc2-c2ccc(N(c3ccccc3-c3ccc(-c4ccccc4)cc3)c3ccc(-c4ccccc4)c4oc5ccccc5c34)cc21. The summed E-state index contributed by atoms with van der Waals surface area (Å²) in [6.07, 6.45) is 0. The van der Waals surface area contributed by atoms with Gasteiger partial charge in [-0.25, -0.2) is 0 Å². The van der Waals surface area contributed by atoms with Gasteiger partial charge in [0.05, 0.1) is 16.8 Å². The second kappa shape index (κ2) is 12.3. The highest BCUT2D eigenvalue weighted by molar-refractivity contribution is 6.17. The maximum Gasteiger partial charge on any atom is 0.145 e. The summed E-state index contributed by atoms with van der Waals surface area (Å²) in [4.78, 5) is 2.46. The molecule has 0 saturated heterocycles. The molecule has 1 heterocycles. The molecule has 53 heavy (non-hydrogen) atoms. The van der Waals surface area contributed by atoms with E-state index in [-0.39, 0.29) is 5.41 Å². The lowest BCUT2D eigenvalue weighted by molar-refractivity contribution is 0.660. The summed E-state index contributed by atoms with van der Waals surface area (Å²) in [6, 6.07) is 67.8. The fourth-order valence-corrected chi connectivity index (χ4v) is 8.47. The minimum atomic E-state index is -0.144. The van der Waals surface area contributed by atoms with Gasteiger partial charge in [-0.05, 0) is 80.9 Å². The number of anilines is 3. The fraction of sp³-hybridized carbons (Fsp3) is 0.0588. The second-order valence-electron chi connectivity index (χ2n) is 14.5. The Morgan fingerprint density at radius 2 is 0.981 bits per heavy atom. The van der Waals surface area contributed by atoms with Crippen LogP contribution in [0.1, 0.15) is 25.0 Å². The van der Waals surface area contributed by atoms with Crippen LogP contribution in [0.4, 0.5) is 17.1 Å². The molecule has 9 aromatic rings. The molecular formula is C51H37NO. The molecule has 8 aromatic carbocycles. The van der Waals surface area contributed by atoms with Gasteiger partial charge in [0.2, 0.25) is 0 Å². The molecule has 1 aliphatic rings. The molecule has 0 radical (unpaired) electrons. The lowest BCUT2D eigenvalue weighted by Crippen LogP contribution is -2.17. The van der Waals surface area contributed by atoms with Crippen LogP contribution in [0.3, 0.4) is 0 Å². The normalized spacial score (nSPS) is 12.9. The van der Waals surface area contributed by atoms with Crippen molar-refractivity contribution in [3.63, 3.8) is 0 Å². The van der Waals surface area contributed by atoms with Gasteiger partial charge in [-0.2, -0.15) is 0 Å². The molecule has 1 aliphatic carbocycles. The van der Waals surface area contributed by atoms with E-state index >= 15 is 0 Å².